The van der Waals surface area contributed by atoms with Crippen molar-refractivity contribution in [2.75, 3.05) is 14.2 Å². The Labute approximate surface area is 220 Å². The molecule has 3 amide bonds. The Bertz CT molecular complexity index is 1570. The zero-order valence-electron chi connectivity index (χ0n) is 21.2. The van der Waals surface area contributed by atoms with Crippen molar-refractivity contribution in [1.29, 1.82) is 0 Å². The Kier molecular flexibility index (Phi) is 9.26. The summed E-state index contributed by atoms with van der Waals surface area (Å²) >= 11 is 0. The first-order chi connectivity index (χ1) is 18.7. The molecular formula is C24H26N8O7. The number of azo groups is 2. The van der Waals surface area contributed by atoms with E-state index in [4.69, 9.17) is 15.3 Å². The van der Waals surface area contributed by atoms with Crippen LogP contribution in [-0.2, 0) is 14.4 Å². The lowest BCUT2D eigenvalue weighted by Crippen LogP contribution is -2.30. The monoisotopic (exact) mass is 538 g/mol. The normalized spacial score (nSPS) is 11.1. The molecule has 204 valence electrons. The van der Waals surface area contributed by atoms with Crippen LogP contribution in [0.25, 0.3) is 21.8 Å². The molecule has 0 saturated heterocycles. The molecule has 15 nitrogen and oxygen atoms in total. The molecule has 0 unspecified atom stereocenters. The summed E-state index contributed by atoms with van der Waals surface area (Å²) in [5, 5.41) is 35.0. The summed E-state index contributed by atoms with van der Waals surface area (Å²) in [6.07, 6.45) is -0.207. The van der Waals surface area contributed by atoms with Crippen LogP contribution in [0.5, 0.6) is 23.3 Å². The number of hydrogen-bond donors (Lipinski definition) is 6. The number of rotatable bonds is 7. The second-order valence-corrected chi connectivity index (χ2v) is 7.85. The van der Waals surface area contributed by atoms with Gasteiger partial charge in [0.05, 0.1) is 25.3 Å². The quantitative estimate of drug-likeness (QED) is 0.0875. The van der Waals surface area contributed by atoms with Gasteiger partial charge in [0.15, 0.2) is 11.4 Å². The molecule has 0 fully saturated rings. The summed E-state index contributed by atoms with van der Waals surface area (Å²) in [7, 11) is 3.06. The molecule has 2 aromatic carbocycles. The molecule has 2 heterocycles. The van der Waals surface area contributed by atoms with Crippen molar-refractivity contribution in [3.8, 4) is 23.3 Å². The number of aromatic amines is 2. The first-order valence-corrected chi connectivity index (χ1v) is 11.3. The standard InChI is InChI=1S/C13H15N5O4.C11H11N3O3/c1-22-7-2-3-9-8(6-7)12(13(21)15-9)18-17-11(20)5-4-10(19)16-14;1-6(15)13-14-10-8-5-7(17-2)3-4-9(8)12-11(10)16/h2-3,6,15,21H,4-5,14H2,1H3,(H,16,19);3-5,12,16H,1-2H3. The number of fused-ring (bicyclic) bond motifs is 2. The van der Waals surface area contributed by atoms with Crippen LogP contribution in [-0.4, -0.2) is 52.1 Å². The number of aromatic hydroxyl groups is 2. The van der Waals surface area contributed by atoms with E-state index in [1.54, 1.807) is 43.5 Å². The first kappa shape index (κ1) is 28.3. The molecule has 4 rings (SSSR count). The highest BCUT2D eigenvalue weighted by Gasteiger charge is 2.13. The van der Waals surface area contributed by atoms with Crippen molar-refractivity contribution in [1.82, 2.24) is 15.4 Å². The molecule has 0 radical (unpaired) electrons. The lowest BCUT2D eigenvalue weighted by atomic mass is 10.2. The van der Waals surface area contributed by atoms with Gasteiger partial charge in [0, 0.05) is 30.5 Å². The summed E-state index contributed by atoms with van der Waals surface area (Å²) in [5.74, 6) is 4.29. The Hall–Kier alpha value is -5.31. The second kappa shape index (κ2) is 12.8. The molecule has 0 aliphatic heterocycles. The van der Waals surface area contributed by atoms with E-state index in [2.05, 4.69) is 30.4 Å². The van der Waals surface area contributed by atoms with Gasteiger partial charge in [-0.3, -0.25) is 19.8 Å². The summed E-state index contributed by atoms with van der Waals surface area (Å²) in [6, 6.07) is 10.3. The number of nitrogens with two attached hydrogens (primary N) is 1. The van der Waals surface area contributed by atoms with Gasteiger partial charge < -0.3 is 29.7 Å². The summed E-state index contributed by atoms with van der Waals surface area (Å²) in [6.45, 7) is 1.29. The third-order valence-corrected chi connectivity index (χ3v) is 5.20. The molecule has 0 spiro atoms. The number of aromatic nitrogens is 2. The maximum absolute atomic E-state index is 11.5. The van der Waals surface area contributed by atoms with Crippen molar-refractivity contribution >= 4 is 50.9 Å². The maximum Gasteiger partial charge on any atom is 0.265 e. The highest BCUT2D eigenvalue weighted by atomic mass is 16.5. The van der Waals surface area contributed by atoms with E-state index in [0.717, 1.165) is 0 Å². The summed E-state index contributed by atoms with van der Waals surface area (Å²) in [5.41, 5.74) is 3.60. The Morgan fingerprint density at radius 2 is 1.33 bits per heavy atom. The minimum Gasteiger partial charge on any atom is -0.497 e. The van der Waals surface area contributed by atoms with Gasteiger partial charge >= 0.3 is 0 Å². The number of hydrazine groups is 1. The molecule has 39 heavy (non-hydrogen) atoms. The van der Waals surface area contributed by atoms with Gasteiger partial charge in [-0.05, 0) is 36.4 Å². The van der Waals surface area contributed by atoms with E-state index in [-0.39, 0.29) is 36.0 Å². The van der Waals surface area contributed by atoms with Gasteiger partial charge in [-0.25, -0.2) is 5.84 Å². The van der Waals surface area contributed by atoms with E-state index < -0.39 is 17.7 Å². The number of carbonyl (C=O) groups is 3. The maximum atomic E-state index is 11.5. The minimum absolute atomic E-state index is 0.0813. The lowest BCUT2D eigenvalue weighted by molar-refractivity contribution is -0.125. The van der Waals surface area contributed by atoms with E-state index in [1.165, 1.54) is 14.0 Å². The second-order valence-electron chi connectivity index (χ2n) is 7.85. The number of amides is 3. The average Bonchev–Trinajstić information content (AvgIpc) is 3.42. The Balaban J connectivity index is 0.000000223. The molecule has 0 aliphatic rings. The van der Waals surface area contributed by atoms with E-state index >= 15 is 0 Å². The number of nitrogens with one attached hydrogen (secondary N) is 3. The molecule has 2 aromatic heterocycles. The van der Waals surface area contributed by atoms with Gasteiger partial charge in [0.2, 0.25) is 17.7 Å². The molecular weight excluding hydrogens is 512 g/mol. The predicted octanol–water partition coefficient (Wildman–Crippen LogP) is 3.77. The van der Waals surface area contributed by atoms with Gasteiger partial charge in [-0.15, -0.1) is 20.5 Å². The zero-order valence-corrected chi connectivity index (χ0v) is 21.2. The van der Waals surface area contributed by atoms with Crippen LogP contribution < -0.4 is 20.7 Å². The number of ether oxygens (including phenoxy) is 2. The minimum atomic E-state index is -0.597. The van der Waals surface area contributed by atoms with Gasteiger partial charge in [-0.1, -0.05) is 0 Å². The fourth-order valence-corrected chi connectivity index (χ4v) is 3.31. The van der Waals surface area contributed by atoms with Crippen LogP contribution in [0, 0.1) is 0 Å². The Morgan fingerprint density at radius 1 is 0.846 bits per heavy atom. The van der Waals surface area contributed by atoms with Gasteiger partial charge in [-0.2, -0.15) is 0 Å². The van der Waals surface area contributed by atoms with Crippen LogP contribution in [0.1, 0.15) is 19.8 Å². The van der Waals surface area contributed by atoms with Crippen LogP contribution in [0.3, 0.4) is 0 Å². The molecule has 0 atom stereocenters. The number of carbonyl (C=O) groups excluding carboxylic acids is 3. The SMILES string of the molecule is COc1ccc2[nH]c(O)c(N=NC(=O)CCC(=O)NN)c2c1.COc1ccc2[nH]c(O)c(N=NC(C)=O)c2c1. The van der Waals surface area contributed by atoms with Crippen LogP contribution in [0.4, 0.5) is 11.4 Å². The zero-order chi connectivity index (χ0) is 28.5. The predicted molar refractivity (Wildman–Crippen MR) is 139 cm³/mol. The summed E-state index contributed by atoms with van der Waals surface area (Å²) in [4.78, 5) is 38.6. The topological polar surface area (TPSA) is 229 Å². The number of H-pyrrole nitrogens is 2. The van der Waals surface area contributed by atoms with Crippen molar-refractivity contribution in [2.45, 2.75) is 19.8 Å². The fraction of sp³-hybridized carbons (Fsp3) is 0.208. The molecule has 0 saturated carbocycles. The smallest absolute Gasteiger partial charge is 0.265 e. The van der Waals surface area contributed by atoms with Crippen LogP contribution in [0.15, 0.2) is 56.9 Å². The molecule has 0 bridgehead atoms. The van der Waals surface area contributed by atoms with Crippen LogP contribution >= 0.6 is 0 Å². The van der Waals surface area contributed by atoms with E-state index in [0.29, 0.717) is 33.3 Å². The summed E-state index contributed by atoms with van der Waals surface area (Å²) < 4.78 is 10.2. The van der Waals surface area contributed by atoms with E-state index in [9.17, 15) is 24.6 Å². The number of methoxy groups -OCH3 is 2. The van der Waals surface area contributed by atoms with Crippen molar-refractivity contribution in [3.05, 3.63) is 36.4 Å². The van der Waals surface area contributed by atoms with Crippen molar-refractivity contribution < 1.29 is 34.1 Å². The van der Waals surface area contributed by atoms with Crippen molar-refractivity contribution in [2.24, 2.45) is 26.3 Å². The van der Waals surface area contributed by atoms with E-state index in [1.807, 2.05) is 5.43 Å². The molecule has 4 aromatic rings. The number of benzene rings is 2. The largest absolute Gasteiger partial charge is 0.497 e. The molecule has 7 N–H and O–H groups in total. The van der Waals surface area contributed by atoms with Gasteiger partial charge in [0.1, 0.15) is 11.5 Å². The molecule has 0 aliphatic carbocycles. The Morgan fingerprint density at radius 3 is 1.77 bits per heavy atom. The highest BCUT2D eigenvalue weighted by molar-refractivity contribution is 5.96. The first-order valence-electron chi connectivity index (χ1n) is 11.3. The van der Waals surface area contributed by atoms with Crippen LogP contribution in [0.2, 0.25) is 0 Å². The number of hydrogen-bond acceptors (Lipinski definition) is 10. The third-order valence-electron chi connectivity index (χ3n) is 5.20. The average molecular weight is 539 g/mol. The number of nitrogens with zero attached hydrogens (tertiary/aromatic N) is 4. The highest BCUT2D eigenvalue weighted by Crippen LogP contribution is 2.38. The lowest BCUT2D eigenvalue weighted by Gasteiger charge is -1.98. The fourth-order valence-electron chi connectivity index (χ4n) is 3.31. The molecule has 15 heteroatoms. The van der Waals surface area contributed by atoms with Crippen molar-refractivity contribution in [3.63, 3.8) is 0 Å². The van der Waals surface area contributed by atoms with Gasteiger partial charge in [0.25, 0.3) is 11.8 Å². The third kappa shape index (κ3) is 7.14.